The second-order valence-electron chi connectivity index (χ2n) is 4.52. The van der Waals surface area contributed by atoms with Crippen molar-refractivity contribution >= 4 is 17.7 Å². The zero-order valence-electron chi connectivity index (χ0n) is 11.5. The van der Waals surface area contributed by atoms with Crippen molar-refractivity contribution in [3.63, 3.8) is 0 Å². The van der Waals surface area contributed by atoms with E-state index in [0.717, 1.165) is 0 Å². The van der Waals surface area contributed by atoms with E-state index in [9.17, 15) is 9.59 Å². The van der Waals surface area contributed by atoms with Crippen LogP contribution in [0.25, 0.3) is 0 Å². The summed E-state index contributed by atoms with van der Waals surface area (Å²) >= 11 is 0. The normalized spacial score (nSPS) is 11.2. The molecule has 0 aromatic heterocycles. The van der Waals surface area contributed by atoms with Crippen LogP contribution in [-0.4, -0.2) is 35.1 Å². The van der Waals surface area contributed by atoms with Gasteiger partial charge in [-0.05, 0) is 24.6 Å². The number of anilines is 1. The van der Waals surface area contributed by atoms with Crippen LogP contribution in [0.15, 0.2) is 24.3 Å². The summed E-state index contributed by atoms with van der Waals surface area (Å²) in [5, 5.41) is 20.0. The van der Waals surface area contributed by atoms with Gasteiger partial charge < -0.3 is 15.3 Å². The summed E-state index contributed by atoms with van der Waals surface area (Å²) in [6.45, 7) is 1.78. The van der Waals surface area contributed by atoms with Crippen LogP contribution in [0.3, 0.4) is 0 Å². The van der Waals surface area contributed by atoms with E-state index in [0.29, 0.717) is 11.3 Å². The highest BCUT2D eigenvalue weighted by atomic mass is 16.4. The number of aliphatic carboxylic acids is 1. The molecule has 1 aromatic rings. The molecule has 1 unspecified atom stereocenters. The standard InChI is InChI=1S/C14H17N3O3/c1-10(6-7-15)17(2)14(20)16-12-5-3-4-11(8-12)9-13(18)19/h3-5,8,10H,6,9H2,1-2H3,(H,16,20)(H,18,19). The van der Waals surface area contributed by atoms with E-state index in [1.54, 1.807) is 38.2 Å². The largest absolute Gasteiger partial charge is 0.481 e. The number of hydrogen-bond acceptors (Lipinski definition) is 3. The molecule has 1 rings (SSSR count). The third-order valence-corrected chi connectivity index (χ3v) is 2.90. The molecule has 0 radical (unpaired) electrons. The van der Waals surface area contributed by atoms with Gasteiger partial charge >= 0.3 is 12.0 Å². The van der Waals surface area contributed by atoms with Crippen LogP contribution in [0, 0.1) is 11.3 Å². The van der Waals surface area contributed by atoms with Crippen LogP contribution in [-0.2, 0) is 11.2 Å². The number of carboxylic acids is 1. The molecule has 0 aliphatic carbocycles. The fourth-order valence-corrected chi connectivity index (χ4v) is 1.61. The molecule has 6 heteroatoms. The van der Waals surface area contributed by atoms with E-state index in [1.807, 2.05) is 6.07 Å². The van der Waals surface area contributed by atoms with Crippen LogP contribution < -0.4 is 5.32 Å². The van der Waals surface area contributed by atoms with Crippen molar-refractivity contribution in [1.29, 1.82) is 5.26 Å². The Kier molecular flexibility index (Phi) is 5.54. The quantitative estimate of drug-likeness (QED) is 0.860. The lowest BCUT2D eigenvalue weighted by Gasteiger charge is -2.23. The molecule has 0 spiro atoms. The lowest BCUT2D eigenvalue weighted by Crippen LogP contribution is -2.38. The van der Waals surface area contributed by atoms with E-state index < -0.39 is 5.97 Å². The molecule has 106 valence electrons. The van der Waals surface area contributed by atoms with Crippen LogP contribution in [0.5, 0.6) is 0 Å². The Morgan fingerprint density at radius 2 is 2.20 bits per heavy atom. The third-order valence-electron chi connectivity index (χ3n) is 2.90. The number of benzene rings is 1. The smallest absolute Gasteiger partial charge is 0.321 e. The molecule has 1 aromatic carbocycles. The lowest BCUT2D eigenvalue weighted by atomic mass is 10.1. The number of carbonyl (C=O) groups is 2. The maximum Gasteiger partial charge on any atom is 0.321 e. The Hall–Kier alpha value is -2.55. The fourth-order valence-electron chi connectivity index (χ4n) is 1.61. The molecule has 2 N–H and O–H groups in total. The zero-order chi connectivity index (χ0) is 15.1. The monoisotopic (exact) mass is 275 g/mol. The minimum atomic E-state index is -0.923. The molecule has 2 amide bonds. The van der Waals surface area contributed by atoms with Crippen LogP contribution in [0.1, 0.15) is 18.9 Å². The fraction of sp³-hybridized carbons (Fsp3) is 0.357. The van der Waals surface area contributed by atoms with Crippen molar-refractivity contribution in [2.45, 2.75) is 25.8 Å². The summed E-state index contributed by atoms with van der Waals surface area (Å²) in [6, 6.07) is 8.17. The topological polar surface area (TPSA) is 93.4 Å². The van der Waals surface area contributed by atoms with Gasteiger partial charge in [0.1, 0.15) is 0 Å². The zero-order valence-corrected chi connectivity index (χ0v) is 11.5. The number of urea groups is 1. The number of hydrogen-bond donors (Lipinski definition) is 2. The molecular formula is C14H17N3O3. The van der Waals surface area contributed by atoms with Gasteiger partial charge in [-0.15, -0.1) is 0 Å². The summed E-state index contributed by atoms with van der Waals surface area (Å²) in [5.41, 5.74) is 1.15. The van der Waals surface area contributed by atoms with E-state index in [4.69, 9.17) is 10.4 Å². The molecule has 0 saturated carbocycles. The summed E-state index contributed by atoms with van der Waals surface area (Å²) in [6.07, 6.45) is 0.160. The summed E-state index contributed by atoms with van der Waals surface area (Å²) in [5.74, 6) is -0.923. The number of nitrogens with one attached hydrogen (secondary N) is 1. The molecule has 0 aliphatic rings. The first-order valence-electron chi connectivity index (χ1n) is 6.15. The summed E-state index contributed by atoms with van der Waals surface area (Å²) < 4.78 is 0. The Morgan fingerprint density at radius 1 is 1.50 bits per heavy atom. The predicted octanol–water partition coefficient (Wildman–Crippen LogP) is 2.08. The van der Waals surface area contributed by atoms with Crippen LogP contribution in [0.4, 0.5) is 10.5 Å². The first-order chi connectivity index (χ1) is 9.43. The average molecular weight is 275 g/mol. The average Bonchev–Trinajstić information content (AvgIpc) is 2.37. The maximum absolute atomic E-state index is 12.0. The summed E-state index contributed by atoms with van der Waals surface area (Å²) in [7, 11) is 1.61. The Bertz CT molecular complexity index is 537. The van der Waals surface area contributed by atoms with Gasteiger partial charge in [-0.2, -0.15) is 5.26 Å². The van der Waals surface area contributed by atoms with Gasteiger partial charge in [0.15, 0.2) is 0 Å². The molecule has 20 heavy (non-hydrogen) atoms. The van der Waals surface area contributed by atoms with Gasteiger partial charge in [0.05, 0.1) is 18.9 Å². The highest BCUT2D eigenvalue weighted by molar-refractivity contribution is 5.89. The highest BCUT2D eigenvalue weighted by Crippen LogP contribution is 2.13. The first kappa shape index (κ1) is 15.5. The predicted molar refractivity (Wildman–Crippen MR) is 74.3 cm³/mol. The Labute approximate surface area is 117 Å². The second kappa shape index (κ2) is 7.14. The van der Waals surface area contributed by atoms with Crippen molar-refractivity contribution in [3.05, 3.63) is 29.8 Å². The Morgan fingerprint density at radius 3 is 2.80 bits per heavy atom. The second-order valence-corrected chi connectivity index (χ2v) is 4.52. The third kappa shape index (κ3) is 4.61. The molecule has 0 bridgehead atoms. The van der Waals surface area contributed by atoms with Gasteiger partial charge in [-0.3, -0.25) is 4.79 Å². The minimum Gasteiger partial charge on any atom is -0.481 e. The number of nitrogens with zero attached hydrogens (tertiary/aromatic N) is 2. The summed E-state index contributed by atoms with van der Waals surface area (Å²) in [4.78, 5) is 24.0. The molecule has 0 aliphatic heterocycles. The van der Waals surface area contributed by atoms with Crippen molar-refractivity contribution in [3.8, 4) is 6.07 Å². The van der Waals surface area contributed by atoms with Gasteiger partial charge in [0, 0.05) is 18.8 Å². The van der Waals surface area contributed by atoms with Gasteiger partial charge in [0.2, 0.25) is 0 Å². The lowest BCUT2D eigenvalue weighted by molar-refractivity contribution is -0.136. The minimum absolute atomic E-state index is 0.0929. The molecule has 1 atom stereocenters. The Balaban J connectivity index is 2.71. The van der Waals surface area contributed by atoms with Crippen LogP contribution in [0.2, 0.25) is 0 Å². The van der Waals surface area contributed by atoms with E-state index in [-0.39, 0.29) is 24.9 Å². The van der Waals surface area contributed by atoms with Crippen molar-refractivity contribution in [2.75, 3.05) is 12.4 Å². The molecule has 0 fully saturated rings. The van der Waals surface area contributed by atoms with E-state index in [1.165, 1.54) is 4.90 Å². The molecule has 6 nitrogen and oxygen atoms in total. The SMILES string of the molecule is CC(CC#N)N(C)C(=O)Nc1cccc(CC(=O)O)c1. The highest BCUT2D eigenvalue weighted by Gasteiger charge is 2.15. The van der Waals surface area contributed by atoms with Crippen molar-refractivity contribution in [1.82, 2.24) is 4.90 Å². The first-order valence-corrected chi connectivity index (χ1v) is 6.15. The van der Waals surface area contributed by atoms with Gasteiger partial charge in [-0.25, -0.2) is 4.79 Å². The van der Waals surface area contributed by atoms with E-state index in [2.05, 4.69) is 5.32 Å². The number of rotatable bonds is 5. The van der Waals surface area contributed by atoms with Crippen molar-refractivity contribution in [2.24, 2.45) is 0 Å². The number of amides is 2. The van der Waals surface area contributed by atoms with Crippen molar-refractivity contribution < 1.29 is 14.7 Å². The number of carboxylic acid groups (broad SMARTS) is 1. The molecule has 0 saturated heterocycles. The van der Waals surface area contributed by atoms with Gasteiger partial charge in [-0.1, -0.05) is 12.1 Å². The van der Waals surface area contributed by atoms with Crippen LogP contribution >= 0.6 is 0 Å². The van der Waals surface area contributed by atoms with E-state index >= 15 is 0 Å². The number of carbonyl (C=O) groups excluding carboxylic acids is 1. The molecule has 0 heterocycles. The van der Waals surface area contributed by atoms with Gasteiger partial charge in [0.25, 0.3) is 0 Å². The number of nitriles is 1. The molecular weight excluding hydrogens is 258 g/mol. The maximum atomic E-state index is 12.0.